The summed E-state index contributed by atoms with van der Waals surface area (Å²) in [5.41, 5.74) is 0.813. The van der Waals surface area contributed by atoms with Crippen LogP contribution in [0, 0.1) is 0 Å². The molecule has 1 saturated heterocycles. The Morgan fingerprint density at radius 3 is 2.83 bits per heavy atom. The van der Waals surface area contributed by atoms with Crippen molar-refractivity contribution in [2.45, 2.75) is 45.1 Å². The lowest BCUT2D eigenvalue weighted by molar-refractivity contribution is -0.124. The van der Waals surface area contributed by atoms with E-state index >= 15 is 0 Å². The molecule has 2 aliphatic rings. The van der Waals surface area contributed by atoms with Crippen molar-refractivity contribution in [3.8, 4) is 5.75 Å². The highest BCUT2D eigenvalue weighted by molar-refractivity contribution is 8.26. The van der Waals surface area contributed by atoms with Crippen molar-refractivity contribution in [1.82, 2.24) is 4.90 Å². The molecule has 0 radical (unpaired) electrons. The summed E-state index contributed by atoms with van der Waals surface area (Å²) >= 11 is 12.9. The SMILES string of the molecule is CCOc1ccc(Cl)cc1/C=C1\SC(=S)N(C2CCCCC2)C1=O. The standard InChI is InChI=1S/C18H20ClNO2S2/c1-2-22-15-9-8-13(19)10-12(15)11-16-17(21)20(18(23)24-16)14-6-4-3-5-7-14/h8-11,14H,2-7H2,1H3/b16-11-. The summed E-state index contributed by atoms with van der Waals surface area (Å²) in [6, 6.07) is 5.69. The molecular formula is C18H20ClNO2S2. The van der Waals surface area contributed by atoms with Gasteiger partial charge in [0.15, 0.2) is 0 Å². The number of amides is 1. The normalized spacial score (nSPS) is 20.9. The lowest BCUT2D eigenvalue weighted by atomic mass is 9.94. The van der Waals surface area contributed by atoms with E-state index in [1.165, 1.54) is 31.0 Å². The van der Waals surface area contributed by atoms with Crippen LogP contribution in [0.25, 0.3) is 6.08 Å². The van der Waals surface area contributed by atoms with Crippen molar-refractivity contribution in [2.75, 3.05) is 6.61 Å². The molecule has 1 heterocycles. The second-order valence-electron chi connectivity index (χ2n) is 5.96. The maximum absolute atomic E-state index is 12.8. The minimum absolute atomic E-state index is 0.0133. The summed E-state index contributed by atoms with van der Waals surface area (Å²) in [6.45, 7) is 2.49. The maximum atomic E-state index is 12.8. The summed E-state index contributed by atoms with van der Waals surface area (Å²) in [7, 11) is 0. The number of benzene rings is 1. The molecule has 2 fully saturated rings. The van der Waals surface area contributed by atoms with E-state index in [0.717, 1.165) is 24.2 Å². The molecule has 128 valence electrons. The van der Waals surface area contributed by atoms with Crippen molar-refractivity contribution in [2.24, 2.45) is 0 Å². The summed E-state index contributed by atoms with van der Waals surface area (Å²) in [5.74, 6) is 0.740. The van der Waals surface area contributed by atoms with Crippen LogP contribution in [0.1, 0.15) is 44.6 Å². The largest absolute Gasteiger partial charge is 0.493 e. The number of carbonyl (C=O) groups excluding carboxylic acids is 1. The number of hydrogen-bond donors (Lipinski definition) is 0. The quantitative estimate of drug-likeness (QED) is 0.524. The van der Waals surface area contributed by atoms with Crippen LogP contribution in [0.3, 0.4) is 0 Å². The molecule has 1 aliphatic carbocycles. The van der Waals surface area contributed by atoms with Crippen molar-refractivity contribution in [3.63, 3.8) is 0 Å². The molecule has 3 nitrogen and oxygen atoms in total. The summed E-state index contributed by atoms with van der Waals surface area (Å²) in [4.78, 5) is 15.3. The highest BCUT2D eigenvalue weighted by Gasteiger charge is 2.37. The molecule has 0 aromatic heterocycles. The fourth-order valence-corrected chi connectivity index (χ4v) is 4.77. The summed E-state index contributed by atoms with van der Waals surface area (Å²) in [5, 5.41) is 0.618. The van der Waals surface area contributed by atoms with Gasteiger partial charge in [0.1, 0.15) is 10.1 Å². The number of thiocarbonyl (C=S) groups is 1. The molecule has 3 rings (SSSR count). The van der Waals surface area contributed by atoms with Gasteiger partial charge >= 0.3 is 0 Å². The number of carbonyl (C=O) groups is 1. The van der Waals surface area contributed by atoms with E-state index in [1.54, 1.807) is 6.07 Å². The molecule has 1 aromatic carbocycles. The van der Waals surface area contributed by atoms with Crippen LogP contribution in [-0.4, -0.2) is 27.8 Å². The highest BCUT2D eigenvalue weighted by atomic mass is 35.5. The number of rotatable bonds is 4. The Bertz CT molecular complexity index is 684. The third kappa shape index (κ3) is 3.79. The topological polar surface area (TPSA) is 29.5 Å². The van der Waals surface area contributed by atoms with Gasteiger partial charge < -0.3 is 4.74 Å². The van der Waals surface area contributed by atoms with Crippen LogP contribution in [0.5, 0.6) is 5.75 Å². The molecule has 0 N–H and O–H groups in total. The minimum Gasteiger partial charge on any atom is -0.493 e. The first-order valence-corrected chi connectivity index (χ1v) is 9.90. The zero-order valence-electron chi connectivity index (χ0n) is 13.6. The van der Waals surface area contributed by atoms with E-state index in [1.807, 2.05) is 30.0 Å². The fourth-order valence-electron chi connectivity index (χ4n) is 3.19. The van der Waals surface area contributed by atoms with E-state index in [2.05, 4.69) is 0 Å². The Morgan fingerprint density at radius 1 is 1.38 bits per heavy atom. The van der Waals surface area contributed by atoms with E-state index in [9.17, 15) is 4.79 Å². The lowest BCUT2D eigenvalue weighted by Gasteiger charge is -2.29. The van der Waals surface area contributed by atoms with Gasteiger partial charge in [0.05, 0.1) is 11.5 Å². The van der Waals surface area contributed by atoms with E-state index in [-0.39, 0.29) is 11.9 Å². The minimum atomic E-state index is 0.0133. The van der Waals surface area contributed by atoms with Gasteiger partial charge in [-0.2, -0.15) is 0 Å². The highest BCUT2D eigenvalue weighted by Crippen LogP contribution is 2.38. The van der Waals surface area contributed by atoms with Gasteiger partial charge in [0, 0.05) is 16.6 Å². The van der Waals surface area contributed by atoms with Gasteiger partial charge in [-0.25, -0.2) is 0 Å². The van der Waals surface area contributed by atoms with Gasteiger partial charge in [0.25, 0.3) is 5.91 Å². The van der Waals surface area contributed by atoms with Gasteiger partial charge in [-0.3, -0.25) is 9.69 Å². The Hall–Kier alpha value is -1.04. The fraction of sp³-hybridized carbons (Fsp3) is 0.444. The Morgan fingerprint density at radius 2 is 2.12 bits per heavy atom. The Balaban J connectivity index is 1.87. The zero-order chi connectivity index (χ0) is 17.1. The van der Waals surface area contributed by atoms with Crippen molar-refractivity contribution in [3.05, 3.63) is 33.7 Å². The number of hydrogen-bond acceptors (Lipinski definition) is 4. The predicted molar refractivity (Wildman–Crippen MR) is 105 cm³/mol. The second kappa shape index (κ2) is 7.89. The molecule has 0 atom stereocenters. The molecule has 24 heavy (non-hydrogen) atoms. The number of ether oxygens (including phenoxy) is 1. The molecule has 0 bridgehead atoms. The van der Waals surface area contributed by atoms with Crippen LogP contribution >= 0.6 is 35.6 Å². The van der Waals surface area contributed by atoms with Gasteiger partial charge in [-0.15, -0.1) is 0 Å². The average molecular weight is 382 g/mol. The average Bonchev–Trinajstić information content (AvgIpc) is 2.85. The molecule has 1 aromatic rings. The summed E-state index contributed by atoms with van der Waals surface area (Å²) in [6.07, 6.45) is 7.52. The third-order valence-corrected chi connectivity index (χ3v) is 5.89. The molecule has 1 aliphatic heterocycles. The number of halogens is 1. The Labute approximate surface area is 157 Å². The monoisotopic (exact) mass is 381 g/mol. The molecule has 0 unspecified atom stereocenters. The van der Waals surface area contributed by atoms with E-state index in [0.29, 0.717) is 20.9 Å². The third-order valence-electron chi connectivity index (χ3n) is 4.32. The summed E-state index contributed by atoms with van der Waals surface area (Å²) < 4.78 is 6.30. The second-order valence-corrected chi connectivity index (χ2v) is 8.07. The van der Waals surface area contributed by atoms with Crippen LogP contribution in [-0.2, 0) is 4.79 Å². The lowest BCUT2D eigenvalue weighted by Crippen LogP contribution is -2.39. The van der Waals surface area contributed by atoms with Crippen LogP contribution < -0.4 is 4.74 Å². The van der Waals surface area contributed by atoms with Crippen molar-refractivity contribution >= 4 is 51.9 Å². The van der Waals surface area contributed by atoms with Gasteiger partial charge in [-0.1, -0.05) is 54.8 Å². The molecular weight excluding hydrogens is 362 g/mol. The van der Waals surface area contributed by atoms with Crippen LogP contribution in [0.15, 0.2) is 23.1 Å². The predicted octanol–water partition coefficient (Wildman–Crippen LogP) is 5.27. The zero-order valence-corrected chi connectivity index (χ0v) is 16.0. The van der Waals surface area contributed by atoms with Gasteiger partial charge in [0.2, 0.25) is 0 Å². The smallest absolute Gasteiger partial charge is 0.266 e. The van der Waals surface area contributed by atoms with E-state index in [4.69, 9.17) is 28.6 Å². The van der Waals surface area contributed by atoms with Crippen molar-refractivity contribution < 1.29 is 9.53 Å². The maximum Gasteiger partial charge on any atom is 0.266 e. The van der Waals surface area contributed by atoms with E-state index < -0.39 is 0 Å². The molecule has 6 heteroatoms. The number of thioether (sulfide) groups is 1. The molecule has 1 amide bonds. The first kappa shape index (κ1) is 17.8. The Kier molecular flexibility index (Phi) is 5.85. The first-order valence-electron chi connectivity index (χ1n) is 8.29. The first-order chi connectivity index (χ1) is 11.6. The molecule has 1 saturated carbocycles. The van der Waals surface area contributed by atoms with Crippen molar-refractivity contribution in [1.29, 1.82) is 0 Å². The van der Waals surface area contributed by atoms with Crippen LogP contribution in [0.2, 0.25) is 5.02 Å². The number of nitrogens with zero attached hydrogens (tertiary/aromatic N) is 1. The molecule has 0 spiro atoms. The van der Waals surface area contributed by atoms with Crippen LogP contribution in [0.4, 0.5) is 0 Å². The van der Waals surface area contributed by atoms with Gasteiger partial charge in [-0.05, 0) is 44.0 Å².